The van der Waals surface area contributed by atoms with Gasteiger partial charge >= 0.3 is 0 Å². The molecule has 0 aliphatic carbocycles. The number of nitrogens with two attached hydrogens (primary N) is 1. The highest BCUT2D eigenvalue weighted by molar-refractivity contribution is 5.90. The molecule has 0 amide bonds. The van der Waals surface area contributed by atoms with Crippen molar-refractivity contribution >= 4 is 23.2 Å². The second kappa shape index (κ2) is 4.67. The molecular weight excluding hydrogens is 262 g/mol. The van der Waals surface area contributed by atoms with E-state index in [0.717, 1.165) is 22.1 Å². The van der Waals surface area contributed by atoms with Gasteiger partial charge in [-0.1, -0.05) is 36.4 Å². The Kier molecular flexibility index (Phi) is 3.47. The third-order valence-electron chi connectivity index (χ3n) is 3.74. The number of hydrogen-bond acceptors (Lipinski definition) is 3. The average molecular weight is 280 g/mol. The van der Waals surface area contributed by atoms with Gasteiger partial charge in [0.05, 0.1) is 6.04 Å². The van der Waals surface area contributed by atoms with Gasteiger partial charge in [0.15, 0.2) is 0 Å². The highest BCUT2D eigenvalue weighted by Crippen LogP contribution is 2.42. The lowest BCUT2D eigenvalue weighted by molar-refractivity contribution is -0.0103. The van der Waals surface area contributed by atoms with E-state index >= 15 is 0 Å². The number of halogens is 1. The van der Waals surface area contributed by atoms with Crippen LogP contribution >= 0.6 is 12.4 Å². The molecule has 0 aromatic heterocycles. The molecule has 1 aliphatic rings. The lowest BCUT2D eigenvalue weighted by Gasteiger charge is -2.41. The lowest BCUT2D eigenvalue weighted by Crippen LogP contribution is -2.54. The van der Waals surface area contributed by atoms with E-state index in [9.17, 15) is 5.11 Å². The van der Waals surface area contributed by atoms with Crippen molar-refractivity contribution in [1.82, 2.24) is 0 Å². The van der Waals surface area contributed by atoms with E-state index in [4.69, 9.17) is 10.5 Å². The van der Waals surface area contributed by atoms with Crippen LogP contribution in [0.5, 0.6) is 5.75 Å². The van der Waals surface area contributed by atoms with Crippen LogP contribution in [0.15, 0.2) is 36.4 Å². The molecule has 3 rings (SSSR count). The average Bonchev–Trinajstić information content (AvgIpc) is 2.36. The predicted molar refractivity (Wildman–Crippen MR) is 78.8 cm³/mol. The summed E-state index contributed by atoms with van der Waals surface area (Å²) >= 11 is 0. The monoisotopic (exact) mass is 279 g/mol. The Hall–Kier alpha value is -1.29. The van der Waals surface area contributed by atoms with E-state index in [1.807, 2.05) is 50.2 Å². The van der Waals surface area contributed by atoms with Crippen LogP contribution in [0.2, 0.25) is 0 Å². The molecule has 3 nitrogen and oxygen atoms in total. The Labute approximate surface area is 118 Å². The van der Waals surface area contributed by atoms with Gasteiger partial charge in [-0.05, 0) is 19.2 Å². The zero-order valence-corrected chi connectivity index (χ0v) is 11.8. The van der Waals surface area contributed by atoms with E-state index in [1.54, 1.807) is 0 Å². The molecule has 0 saturated carbocycles. The van der Waals surface area contributed by atoms with Gasteiger partial charge in [-0.15, -0.1) is 12.4 Å². The first-order valence-corrected chi connectivity index (χ1v) is 6.15. The Balaban J connectivity index is 0.00000133. The molecule has 2 aromatic rings. The predicted octanol–water partition coefficient (Wildman–Crippen LogP) is 2.79. The quantitative estimate of drug-likeness (QED) is 0.780. The topological polar surface area (TPSA) is 55.5 Å². The summed E-state index contributed by atoms with van der Waals surface area (Å²) in [6, 6.07) is 11.5. The first kappa shape index (κ1) is 14.1. The summed E-state index contributed by atoms with van der Waals surface area (Å²) in [5, 5.41) is 12.4. The Morgan fingerprint density at radius 1 is 1.16 bits per heavy atom. The maximum Gasteiger partial charge on any atom is 0.133 e. The number of ether oxygens (including phenoxy) is 1. The van der Waals surface area contributed by atoms with Crippen LogP contribution in [-0.4, -0.2) is 16.7 Å². The van der Waals surface area contributed by atoms with Crippen LogP contribution in [-0.2, 0) is 0 Å². The largest absolute Gasteiger partial charge is 0.485 e. The summed E-state index contributed by atoms with van der Waals surface area (Å²) in [5.41, 5.74) is 6.25. The van der Waals surface area contributed by atoms with Gasteiger partial charge < -0.3 is 15.6 Å². The minimum absolute atomic E-state index is 0. The standard InChI is InChI=1S/C15H17NO2.ClH/c1-15(2)14(16)12(17)11-8-7-9-5-3-4-6-10(9)13(11)18-15;/h3-8,12,14,17H,16H2,1-2H3;1H. The van der Waals surface area contributed by atoms with Crippen LogP contribution in [0.4, 0.5) is 0 Å². The highest BCUT2D eigenvalue weighted by atomic mass is 35.5. The van der Waals surface area contributed by atoms with Gasteiger partial charge in [-0.25, -0.2) is 0 Å². The molecule has 0 saturated heterocycles. The molecule has 2 unspecified atom stereocenters. The number of rotatable bonds is 0. The lowest BCUT2D eigenvalue weighted by atomic mass is 9.85. The summed E-state index contributed by atoms with van der Waals surface area (Å²) in [7, 11) is 0. The van der Waals surface area contributed by atoms with Gasteiger partial charge in [0, 0.05) is 10.9 Å². The minimum Gasteiger partial charge on any atom is -0.485 e. The first-order chi connectivity index (χ1) is 8.50. The van der Waals surface area contributed by atoms with Gasteiger partial charge in [0.2, 0.25) is 0 Å². The molecular formula is C15H18ClNO2. The molecule has 0 spiro atoms. The van der Waals surface area contributed by atoms with Gasteiger partial charge in [0.1, 0.15) is 17.5 Å². The van der Waals surface area contributed by atoms with Crippen molar-refractivity contribution in [2.45, 2.75) is 31.6 Å². The third-order valence-corrected chi connectivity index (χ3v) is 3.74. The molecule has 2 atom stereocenters. The van der Waals surface area contributed by atoms with Crippen LogP contribution < -0.4 is 10.5 Å². The molecule has 1 aliphatic heterocycles. The fraction of sp³-hybridized carbons (Fsp3) is 0.333. The SMILES string of the molecule is CC1(C)Oc2c(ccc3ccccc23)C(O)C1N.Cl. The van der Waals surface area contributed by atoms with Crippen molar-refractivity contribution in [3.05, 3.63) is 42.0 Å². The van der Waals surface area contributed by atoms with E-state index in [1.165, 1.54) is 0 Å². The number of aliphatic hydroxyl groups is 1. The molecule has 1 heterocycles. The van der Waals surface area contributed by atoms with Gasteiger partial charge in [-0.2, -0.15) is 0 Å². The van der Waals surface area contributed by atoms with E-state index in [-0.39, 0.29) is 12.4 Å². The highest BCUT2D eigenvalue weighted by Gasteiger charge is 2.41. The Morgan fingerprint density at radius 2 is 1.84 bits per heavy atom. The molecule has 102 valence electrons. The third kappa shape index (κ3) is 2.08. The van der Waals surface area contributed by atoms with Crippen molar-refractivity contribution in [2.24, 2.45) is 5.73 Å². The zero-order chi connectivity index (χ0) is 12.9. The maximum absolute atomic E-state index is 10.3. The fourth-order valence-corrected chi connectivity index (χ4v) is 2.51. The number of fused-ring (bicyclic) bond motifs is 3. The number of hydrogen-bond donors (Lipinski definition) is 2. The van der Waals surface area contributed by atoms with E-state index < -0.39 is 17.7 Å². The minimum atomic E-state index is -0.687. The van der Waals surface area contributed by atoms with Crippen LogP contribution in [0.3, 0.4) is 0 Å². The van der Waals surface area contributed by atoms with Crippen molar-refractivity contribution in [3.8, 4) is 5.75 Å². The molecule has 19 heavy (non-hydrogen) atoms. The van der Waals surface area contributed by atoms with Crippen molar-refractivity contribution in [1.29, 1.82) is 0 Å². The number of benzene rings is 2. The second-order valence-corrected chi connectivity index (χ2v) is 5.38. The molecule has 0 fully saturated rings. The molecule has 0 radical (unpaired) electrons. The summed E-state index contributed by atoms with van der Waals surface area (Å²) in [5.74, 6) is 0.757. The summed E-state index contributed by atoms with van der Waals surface area (Å²) < 4.78 is 6.03. The van der Waals surface area contributed by atoms with Gasteiger partial charge in [-0.3, -0.25) is 0 Å². The molecule has 2 aromatic carbocycles. The molecule has 4 heteroatoms. The Morgan fingerprint density at radius 3 is 2.58 bits per heavy atom. The van der Waals surface area contributed by atoms with Crippen molar-refractivity contribution in [3.63, 3.8) is 0 Å². The molecule has 3 N–H and O–H groups in total. The number of aliphatic hydroxyl groups excluding tert-OH is 1. The van der Waals surface area contributed by atoms with Crippen LogP contribution in [0, 0.1) is 0 Å². The van der Waals surface area contributed by atoms with Crippen molar-refractivity contribution < 1.29 is 9.84 Å². The summed E-state index contributed by atoms with van der Waals surface area (Å²) in [6.45, 7) is 3.82. The van der Waals surface area contributed by atoms with Gasteiger partial charge in [0.25, 0.3) is 0 Å². The van der Waals surface area contributed by atoms with E-state index in [0.29, 0.717) is 0 Å². The van der Waals surface area contributed by atoms with E-state index in [2.05, 4.69) is 0 Å². The normalized spacial score (nSPS) is 24.2. The van der Waals surface area contributed by atoms with Crippen LogP contribution in [0.25, 0.3) is 10.8 Å². The first-order valence-electron chi connectivity index (χ1n) is 6.15. The fourth-order valence-electron chi connectivity index (χ4n) is 2.51. The molecule has 0 bridgehead atoms. The zero-order valence-electron chi connectivity index (χ0n) is 11.0. The summed E-state index contributed by atoms with van der Waals surface area (Å²) in [4.78, 5) is 0. The van der Waals surface area contributed by atoms with Crippen LogP contribution in [0.1, 0.15) is 25.5 Å². The maximum atomic E-state index is 10.3. The summed E-state index contributed by atoms with van der Waals surface area (Å²) in [6.07, 6.45) is -0.687. The Bertz CT molecular complexity index is 612. The smallest absolute Gasteiger partial charge is 0.133 e. The van der Waals surface area contributed by atoms with Crippen molar-refractivity contribution in [2.75, 3.05) is 0 Å². The second-order valence-electron chi connectivity index (χ2n) is 5.38.